The van der Waals surface area contributed by atoms with Crippen LogP contribution in [0.5, 0.6) is 0 Å². The van der Waals surface area contributed by atoms with E-state index in [0.29, 0.717) is 6.42 Å². The van der Waals surface area contributed by atoms with E-state index in [9.17, 15) is 4.79 Å². The standard InChI is InChI=1S/C20H18N4O2S/c25-20(26)10-5-14-3-6-15(7-4-14)17-13-22-19-9-8-18(23-24(17)19)21-12-16-2-1-11-27-16/h1-4,6-9,11,13H,5,10,12H2,(H,21,23)(H,25,26). The molecule has 0 spiro atoms. The molecule has 3 aromatic heterocycles. The van der Waals surface area contributed by atoms with Gasteiger partial charge in [-0.15, -0.1) is 16.4 Å². The number of hydrogen-bond acceptors (Lipinski definition) is 5. The van der Waals surface area contributed by atoms with Crippen LogP contribution >= 0.6 is 11.3 Å². The number of nitrogens with one attached hydrogen (secondary N) is 1. The maximum absolute atomic E-state index is 10.7. The lowest BCUT2D eigenvalue weighted by molar-refractivity contribution is -0.136. The number of aliphatic carboxylic acids is 1. The van der Waals surface area contributed by atoms with Gasteiger partial charge >= 0.3 is 5.97 Å². The molecule has 0 aliphatic heterocycles. The summed E-state index contributed by atoms with van der Waals surface area (Å²) in [6.45, 7) is 0.735. The maximum Gasteiger partial charge on any atom is 0.303 e. The highest BCUT2D eigenvalue weighted by Crippen LogP contribution is 2.22. The van der Waals surface area contributed by atoms with Crippen molar-refractivity contribution >= 4 is 28.8 Å². The summed E-state index contributed by atoms with van der Waals surface area (Å²) in [5, 5.41) is 18.9. The van der Waals surface area contributed by atoms with Crippen LogP contribution in [0.4, 0.5) is 5.82 Å². The number of fused-ring (bicyclic) bond motifs is 1. The largest absolute Gasteiger partial charge is 0.481 e. The summed E-state index contributed by atoms with van der Waals surface area (Å²) in [4.78, 5) is 16.4. The number of carboxylic acids is 1. The van der Waals surface area contributed by atoms with Gasteiger partial charge < -0.3 is 10.4 Å². The average molecular weight is 378 g/mol. The SMILES string of the molecule is O=C(O)CCc1ccc(-c2cnc3ccc(NCc4cccs4)nn23)cc1. The number of imidazole rings is 1. The zero-order chi connectivity index (χ0) is 18.6. The molecule has 0 atom stereocenters. The number of thiophene rings is 1. The van der Waals surface area contributed by atoms with Crippen molar-refractivity contribution in [3.8, 4) is 11.3 Å². The third kappa shape index (κ3) is 3.98. The van der Waals surface area contributed by atoms with E-state index < -0.39 is 5.97 Å². The van der Waals surface area contributed by atoms with Gasteiger partial charge in [-0.05, 0) is 35.6 Å². The Hall–Kier alpha value is -3.19. The molecule has 0 radical (unpaired) electrons. The van der Waals surface area contributed by atoms with Crippen LogP contribution in [0.1, 0.15) is 16.9 Å². The first-order valence-electron chi connectivity index (χ1n) is 8.61. The van der Waals surface area contributed by atoms with Crippen LogP contribution in [-0.4, -0.2) is 25.7 Å². The van der Waals surface area contributed by atoms with Gasteiger partial charge in [0.15, 0.2) is 5.65 Å². The first kappa shape index (κ1) is 17.2. The molecule has 136 valence electrons. The van der Waals surface area contributed by atoms with E-state index in [-0.39, 0.29) is 6.42 Å². The maximum atomic E-state index is 10.7. The Bertz CT molecular complexity index is 1060. The van der Waals surface area contributed by atoms with E-state index in [1.54, 1.807) is 17.5 Å². The Morgan fingerprint density at radius 2 is 2.00 bits per heavy atom. The van der Waals surface area contributed by atoms with Gasteiger partial charge in [0, 0.05) is 16.9 Å². The van der Waals surface area contributed by atoms with E-state index in [1.807, 2.05) is 47.0 Å². The van der Waals surface area contributed by atoms with Gasteiger partial charge in [-0.25, -0.2) is 9.50 Å². The zero-order valence-electron chi connectivity index (χ0n) is 14.5. The van der Waals surface area contributed by atoms with Gasteiger partial charge in [0.25, 0.3) is 0 Å². The average Bonchev–Trinajstić information content (AvgIpc) is 3.34. The molecule has 0 saturated heterocycles. The van der Waals surface area contributed by atoms with E-state index in [1.165, 1.54) is 4.88 Å². The Balaban J connectivity index is 1.56. The molecule has 4 aromatic rings. The molecular weight excluding hydrogens is 360 g/mol. The highest BCUT2D eigenvalue weighted by Gasteiger charge is 2.09. The fourth-order valence-electron chi connectivity index (χ4n) is 2.85. The molecular formula is C20H18N4O2S. The van der Waals surface area contributed by atoms with Crippen molar-refractivity contribution < 1.29 is 9.90 Å². The Kier molecular flexibility index (Phi) is 4.84. The smallest absolute Gasteiger partial charge is 0.303 e. The first-order chi connectivity index (χ1) is 13.2. The second-order valence-electron chi connectivity index (χ2n) is 6.16. The van der Waals surface area contributed by atoms with E-state index in [4.69, 9.17) is 5.11 Å². The summed E-state index contributed by atoms with van der Waals surface area (Å²) < 4.78 is 1.82. The number of aromatic nitrogens is 3. The van der Waals surface area contributed by atoms with Crippen molar-refractivity contribution in [2.24, 2.45) is 0 Å². The fourth-order valence-corrected chi connectivity index (χ4v) is 3.49. The number of rotatable bonds is 7. The molecule has 7 heteroatoms. The molecule has 6 nitrogen and oxygen atoms in total. The van der Waals surface area contributed by atoms with Gasteiger partial charge in [-0.3, -0.25) is 4.79 Å². The van der Waals surface area contributed by atoms with Crippen molar-refractivity contribution in [2.75, 3.05) is 5.32 Å². The van der Waals surface area contributed by atoms with Crippen LogP contribution in [0.3, 0.4) is 0 Å². The Labute approximate surface area is 160 Å². The predicted molar refractivity (Wildman–Crippen MR) is 106 cm³/mol. The van der Waals surface area contributed by atoms with Gasteiger partial charge in [0.05, 0.1) is 18.4 Å². The molecule has 0 bridgehead atoms. The molecule has 0 unspecified atom stereocenters. The van der Waals surface area contributed by atoms with Crippen LogP contribution in [0, 0.1) is 0 Å². The van der Waals surface area contributed by atoms with Gasteiger partial charge in [-0.2, -0.15) is 0 Å². The summed E-state index contributed by atoms with van der Waals surface area (Å²) in [5.74, 6) is 0.000803. The number of aryl methyl sites for hydroxylation is 1. The predicted octanol–water partition coefficient (Wildman–Crippen LogP) is 4.09. The van der Waals surface area contributed by atoms with Crippen LogP contribution in [0.25, 0.3) is 16.9 Å². The molecule has 1 aromatic carbocycles. The van der Waals surface area contributed by atoms with E-state index >= 15 is 0 Å². The minimum atomic E-state index is -0.785. The van der Waals surface area contributed by atoms with Crippen LogP contribution < -0.4 is 5.32 Å². The van der Waals surface area contributed by atoms with Crippen molar-refractivity contribution in [1.82, 2.24) is 14.6 Å². The van der Waals surface area contributed by atoms with Crippen molar-refractivity contribution in [3.05, 3.63) is 70.5 Å². The van der Waals surface area contributed by atoms with Gasteiger partial charge in [0.2, 0.25) is 0 Å². The third-order valence-corrected chi connectivity index (χ3v) is 5.14. The van der Waals surface area contributed by atoms with E-state index in [2.05, 4.69) is 26.8 Å². The molecule has 0 fully saturated rings. The van der Waals surface area contributed by atoms with Crippen LogP contribution in [0.15, 0.2) is 60.1 Å². The number of anilines is 1. The third-order valence-electron chi connectivity index (χ3n) is 4.26. The highest BCUT2D eigenvalue weighted by molar-refractivity contribution is 7.09. The number of benzene rings is 1. The summed E-state index contributed by atoms with van der Waals surface area (Å²) in [5.41, 5.74) is 3.67. The monoisotopic (exact) mass is 378 g/mol. The Morgan fingerprint density at radius 1 is 1.15 bits per heavy atom. The first-order valence-corrected chi connectivity index (χ1v) is 9.49. The second-order valence-corrected chi connectivity index (χ2v) is 7.19. The number of carbonyl (C=O) groups is 1. The van der Waals surface area contributed by atoms with Crippen molar-refractivity contribution in [2.45, 2.75) is 19.4 Å². The number of nitrogens with zero attached hydrogens (tertiary/aromatic N) is 3. The molecule has 0 aliphatic rings. The minimum absolute atomic E-state index is 0.135. The Morgan fingerprint density at radius 3 is 2.74 bits per heavy atom. The zero-order valence-corrected chi connectivity index (χ0v) is 15.3. The molecule has 4 rings (SSSR count). The summed E-state index contributed by atoms with van der Waals surface area (Å²) >= 11 is 1.71. The topological polar surface area (TPSA) is 79.5 Å². The lowest BCUT2D eigenvalue weighted by Crippen LogP contribution is -2.03. The normalized spacial score (nSPS) is 11.0. The van der Waals surface area contributed by atoms with Crippen molar-refractivity contribution in [1.29, 1.82) is 0 Å². The summed E-state index contributed by atoms with van der Waals surface area (Å²) in [7, 11) is 0. The van der Waals surface area contributed by atoms with Crippen LogP contribution in [0.2, 0.25) is 0 Å². The minimum Gasteiger partial charge on any atom is -0.481 e. The van der Waals surface area contributed by atoms with E-state index in [0.717, 1.165) is 34.8 Å². The highest BCUT2D eigenvalue weighted by atomic mass is 32.1. The van der Waals surface area contributed by atoms with Gasteiger partial charge in [-0.1, -0.05) is 30.3 Å². The molecule has 2 N–H and O–H groups in total. The lowest BCUT2D eigenvalue weighted by Gasteiger charge is -2.07. The van der Waals surface area contributed by atoms with Crippen molar-refractivity contribution in [3.63, 3.8) is 0 Å². The molecule has 0 aliphatic carbocycles. The second kappa shape index (κ2) is 7.59. The lowest BCUT2D eigenvalue weighted by atomic mass is 10.1. The molecule has 3 heterocycles. The molecule has 0 amide bonds. The molecule has 0 saturated carbocycles. The fraction of sp³-hybridized carbons (Fsp3) is 0.150. The van der Waals surface area contributed by atoms with Gasteiger partial charge in [0.1, 0.15) is 5.82 Å². The van der Waals surface area contributed by atoms with Crippen LogP contribution in [-0.2, 0) is 17.8 Å². The molecule has 27 heavy (non-hydrogen) atoms. The summed E-state index contributed by atoms with van der Waals surface area (Å²) in [6.07, 6.45) is 2.46. The quantitative estimate of drug-likeness (QED) is 0.506. The number of carboxylic acid groups (broad SMARTS) is 1. The number of hydrogen-bond donors (Lipinski definition) is 2. The summed E-state index contributed by atoms with van der Waals surface area (Å²) in [6, 6.07) is 15.9.